The monoisotopic (exact) mass is 355 g/mol. The summed E-state index contributed by atoms with van der Waals surface area (Å²) in [5.41, 5.74) is 2.85. The minimum absolute atomic E-state index is 0.0754. The maximum Gasteiger partial charge on any atom is 0.261 e. The van der Waals surface area contributed by atoms with Crippen LogP contribution in [0.3, 0.4) is 0 Å². The highest BCUT2D eigenvalue weighted by atomic mass is 32.1. The molecule has 25 heavy (non-hydrogen) atoms. The summed E-state index contributed by atoms with van der Waals surface area (Å²) < 4.78 is 0. The molecule has 0 saturated heterocycles. The smallest absolute Gasteiger partial charge is 0.261 e. The quantitative estimate of drug-likeness (QED) is 0.697. The number of hydrogen-bond donors (Lipinski definition) is 3. The molecule has 2 heterocycles. The van der Waals surface area contributed by atoms with Gasteiger partial charge in [-0.3, -0.25) is 9.59 Å². The lowest BCUT2D eigenvalue weighted by Crippen LogP contribution is -2.29. The van der Waals surface area contributed by atoms with Crippen molar-refractivity contribution in [2.75, 3.05) is 19.6 Å². The molecule has 5 nitrogen and oxygen atoms in total. The molecule has 6 heteroatoms. The maximum absolute atomic E-state index is 12.2. The summed E-state index contributed by atoms with van der Waals surface area (Å²) in [5.74, 6) is -0.152. The predicted octanol–water partition coefficient (Wildman–Crippen LogP) is 2.33. The van der Waals surface area contributed by atoms with Gasteiger partial charge in [-0.25, -0.2) is 0 Å². The van der Waals surface area contributed by atoms with Gasteiger partial charge in [0.15, 0.2) is 0 Å². The lowest BCUT2D eigenvalue weighted by atomic mass is 10.1. The van der Waals surface area contributed by atoms with Gasteiger partial charge in [-0.2, -0.15) is 0 Å². The first kappa shape index (κ1) is 17.4. The minimum atomic E-state index is -0.0768. The fourth-order valence-electron chi connectivity index (χ4n) is 2.58. The van der Waals surface area contributed by atoms with Crippen LogP contribution in [0.5, 0.6) is 0 Å². The normalized spacial score (nSPS) is 13.8. The molecule has 0 spiro atoms. The average Bonchev–Trinajstić information content (AvgIpc) is 3.20. The lowest BCUT2D eigenvalue weighted by molar-refractivity contribution is 0.0946. The zero-order valence-electron chi connectivity index (χ0n) is 13.9. The number of benzene rings is 1. The van der Waals surface area contributed by atoms with E-state index in [1.54, 1.807) is 18.2 Å². The van der Waals surface area contributed by atoms with E-state index in [-0.39, 0.29) is 11.8 Å². The van der Waals surface area contributed by atoms with Crippen LogP contribution in [0, 0.1) is 0 Å². The highest BCUT2D eigenvalue weighted by Crippen LogP contribution is 2.09. The Kier molecular flexibility index (Phi) is 5.98. The van der Waals surface area contributed by atoms with Crippen molar-refractivity contribution in [1.29, 1.82) is 0 Å². The third-order valence-corrected chi connectivity index (χ3v) is 4.92. The molecule has 0 aliphatic carbocycles. The number of rotatable bonds is 6. The van der Waals surface area contributed by atoms with E-state index < -0.39 is 0 Å². The molecular weight excluding hydrogens is 334 g/mol. The van der Waals surface area contributed by atoms with Crippen molar-refractivity contribution in [1.82, 2.24) is 16.0 Å². The summed E-state index contributed by atoms with van der Waals surface area (Å²) in [5, 5.41) is 11.0. The van der Waals surface area contributed by atoms with E-state index in [1.807, 2.05) is 23.6 Å². The zero-order chi connectivity index (χ0) is 17.5. The van der Waals surface area contributed by atoms with Crippen LogP contribution in [0.4, 0.5) is 0 Å². The summed E-state index contributed by atoms with van der Waals surface area (Å²) in [6.45, 7) is 2.88. The van der Waals surface area contributed by atoms with Crippen LogP contribution in [0.1, 0.15) is 32.0 Å². The van der Waals surface area contributed by atoms with Gasteiger partial charge in [0, 0.05) is 25.2 Å². The first-order chi connectivity index (χ1) is 12.2. The molecule has 1 aromatic carbocycles. The Morgan fingerprint density at radius 3 is 2.52 bits per heavy atom. The van der Waals surface area contributed by atoms with Crippen LogP contribution in [-0.4, -0.2) is 31.4 Å². The number of amides is 2. The Bertz CT molecular complexity index is 751. The first-order valence-electron chi connectivity index (χ1n) is 8.30. The van der Waals surface area contributed by atoms with Gasteiger partial charge in [0.25, 0.3) is 11.8 Å². The van der Waals surface area contributed by atoms with Crippen molar-refractivity contribution in [2.24, 2.45) is 0 Å². The predicted molar refractivity (Wildman–Crippen MR) is 99.8 cm³/mol. The van der Waals surface area contributed by atoms with Crippen LogP contribution >= 0.6 is 11.3 Å². The second-order valence-corrected chi connectivity index (χ2v) is 6.80. The summed E-state index contributed by atoms with van der Waals surface area (Å²) in [6.07, 6.45) is 3.10. The molecular formula is C19H21N3O2S. The molecule has 2 amide bonds. The van der Waals surface area contributed by atoms with Crippen molar-refractivity contribution in [3.05, 3.63) is 69.4 Å². The van der Waals surface area contributed by atoms with Gasteiger partial charge in [-0.05, 0) is 42.1 Å². The van der Waals surface area contributed by atoms with Crippen LogP contribution in [0.25, 0.3) is 0 Å². The van der Waals surface area contributed by atoms with E-state index >= 15 is 0 Å². The van der Waals surface area contributed by atoms with Gasteiger partial charge in [0.05, 0.1) is 4.88 Å². The number of carbonyl (C=O) groups excluding carboxylic acids is 2. The standard InChI is InChI=1S/C19H21N3O2S/c23-18(21-13-15-7-9-20-10-8-15)16-5-3-14(4-6-16)12-22-19(24)17-2-1-11-25-17/h1-7,11,20H,8-10,12-13H2,(H,21,23)(H,22,24). The van der Waals surface area contributed by atoms with Crippen molar-refractivity contribution < 1.29 is 9.59 Å². The largest absolute Gasteiger partial charge is 0.348 e. The highest BCUT2D eigenvalue weighted by Gasteiger charge is 2.09. The number of nitrogens with one attached hydrogen (secondary N) is 3. The fraction of sp³-hybridized carbons (Fsp3) is 0.263. The summed E-state index contributed by atoms with van der Waals surface area (Å²) in [6, 6.07) is 11.0. The molecule has 0 atom stereocenters. The third kappa shape index (κ3) is 5.01. The molecule has 3 rings (SSSR count). The molecule has 2 aromatic rings. The zero-order valence-corrected chi connectivity index (χ0v) is 14.7. The number of hydrogen-bond acceptors (Lipinski definition) is 4. The van der Waals surface area contributed by atoms with E-state index in [2.05, 4.69) is 22.0 Å². The van der Waals surface area contributed by atoms with E-state index in [9.17, 15) is 9.59 Å². The maximum atomic E-state index is 12.2. The molecule has 0 bridgehead atoms. The molecule has 1 aliphatic rings. The Balaban J connectivity index is 1.48. The van der Waals surface area contributed by atoms with Gasteiger partial charge in [0.2, 0.25) is 0 Å². The van der Waals surface area contributed by atoms with Crippen LogP contribution in [-0.2, 0) is 6.54 Å². The molecule has 0 unspecified atom stereocenters. The Labute approximate surface area is 151 Å². The van der Waals surface area contributed by atoms with Gasteiger partial charge in [-0.1, -0.05) is 29.8 Å². The van der Waals surface area contributed by atoms with E-state index in [0.717, 1.165) is 25.1 Å². The SMILES string of the molecule is O=C(NCC1=CCNCC1)c1ccc(CNC(=O)c2cccs2)cc1. The van der Waals surface area contributed by atoms with Crippen LogP contribution in [0.2, 0.25) is 0 Å². The van der Waals surface area contributed by atoms with Crippen LogP contribution < -0.4 is 16.0 Å². The van der Waals surface area contributed by atoms with Gasteiger partial charge in [-0.15, -0.1) is 11.3 Å². The molecule has 130 valence electrons. The summed E-state index contributed by atoms with van der Waals surface area (Å²) in [7, 11) is 0. The van der Waals surface area contributed by atoms with Crippen molar-refractivity contribution in [3.8, 4) is 0 Å². The lowest BCUT2D eigenvalue weighted by Gasteiger charge is -2.14. The average molecular weight is 355 g/mol. The summed E-state index contributed by atoms with van der Waals surface area (Å²) in [4.78, 5) is 24.8. The Morgan fingerprint density at radius 2 is 1.84 bits per heavy atom. The molecule has 3 N–H and O–H groups in total. The fourth-order valence-corrected chi connectivity index (χ4v) is 3.22. The molecule has 1 aromatic heterocycles. The second kappa shape index (κ2) is 8.60. The van der Waals surface area contributed by atoms with Crippen molar-refractivity contribution >= 4 is 23.2 Å². The van der Waals surface area contributed by atoms with E-state index in [4.69, 9.17) is 0 Å². The Morgan fingerprint density at radius 1 is 1.04 bits per heavy atom. The van der Waals surface area contributed by atoms with E-state index in [0.29, 0.717) is 23.5 Å². The van der Waals surface area contributed by atoms with Gasteiger partial charge < -0.3 is 16.0 Å². The second-order valence-electron chi connectivity index (χ2n) is 5.86. The van der Waals surface area contributed by atoms with Gasteiger partial charge in [0.1, 0.15) is 0 Å². The highest BCUT2D eigenvalue weighted by molar-refractivity contribution is 7.12. The van der Waals surface area contributed by atoms with Crippen molar-refractivity contribution in [3.63, 3.8) is 0 Å². The van der Waals surface area contributed by atoms with Crippen molar-refractivity contribution in [2.45, 2.75) is 13.0 Å². The molecule has 0 fully saturated rings. The molecule has 0 radical (unpaired) electrons. The van der Waals surface area contributed by atoms with Gasteiger partial charge >= 0.3 is 0 Å². The minimum Gasteiger partial charge on any atom is -0.348 e. The first-order valence-corrected chi connectivity index (χ1v) is 9.18. The summed E-state index contributed by atoms with van der Waals surface area (Å²) >= 11 is 1.42. The van der Waals surface area contributed by atoms with Crippen LogP contribution in [0.15, 0.2) is 53.4 Å². The topological polar surface area (TPSA) is 70.2 Å². The molecule has 0 saturated carbocycles. The Hall–Kier alpha value is -2.44. The third-order valence-electron chi connectivity index (χ3n) is 4.05. The molecule has 1 aliphatic heterocycles. The number of thiophene rings is 1. The number of carbonyl (C=O) groups is 2. The van der Waals surface area contributed by atoms with E-state index in [1.165, 1.54) is 16.9 Å².